The molecule has 2 unspecified atom stereocenters. The molecular weight excluding hydrogens is 143 g/mol. The molecule has 0 aromatic carbocycles. The molecule has 4 heteroatoms. The van der Waals surface area contributed by atoms with E-state index in [2.05, 4.69) is 0 Å². The highest BCUT2D eigenvalue weighted by Crippen LogP contribution is 2.58. The first kappa shape index (κ1) is 7.85. The average Bonchev–Trinajstić information content (AvgIpc) is 2.03. The van der Waals surface area contributed by atoms with Gasteiger partial charge in [0, 0.05) is 6.04 Å². The zero-order valence-electron chi connectivity index (χ0n) is 5.87. The van der Waals surface area contributed by atoms with Crippen LogP contribution in [0.1, 0.15) is 13.8 Å². The lowest BCUT2D eigenvalue weighted by atomic mass is 10.1. The fourth-order valence-electron chi connectivity index (χ4n) is 1.30. The van der Waals surface area contributed by atoms with Crippen molar-refractivity contribution in [2.24, 2.45) is 17.1 Å². The summed E-state index contributed by atoms with van der Waals surface area (Å²) in [7, 11) is 0. The number of rotatable bonds is 0. The summed E-state index contributed by atoms with van der Waals surface area (Å²) >= 11 is 0. The van der Waals surface area contributed by atoms with Gasteiger partial charge in [0.15, 0.2) is 0 Å². The highest BCUT2D eigenvalue weighted by Gasteiger charge is 2.68. The highest BCUT2D eigenvalue weighted by molar-refractivity contribution is 5.11. The number of hydrogen-bond donors (Lipinski definition) is 1. The van der Waals surface area contributed by atoms with Gasteiger partial charge in [-0.15, -0.1) is 0 Å². The van der Waals surface area contributed by atoms with Crippen molar-refractivity contribution in [3.63, 3.8) is 0 Å². The monoisotopic (exact) mass is 153 g/mol. The molecule has 0 amide bonds. The summed E-state index contributed by atoms with van der Waals surface area (Å²) in [6.07, 6.45) is -4.11. The standard InChI is InChI=1S/C6H10F3N/c1-5(2)3(4(5)10)6(7,8)9/h3-4H,10H2,1-2H3. The summed E-state index contributed by atoms with van der Waals surface area (Å²) in [5.41, 5.74) is 4.47. The lowest BCUT2D eigenvalue weighted by Crippen LogP contribution is -2.17. The summed E-state index contributed by atoms with van der Waals surface area (Å²) in [6.45, 7) is 3.08. The Bertz CT molecular complexity index is 139. The van der Waals surface area contributed by atoms with Gasteiger partial charge >= 0.3 is 6.18 Å². The summed E-state index contributed by atoms with van der Waals surface area (Å²) < 4.78 is 35.7. The van der Waals surface area contributed by atoms with Gasteiger partial charge in [0.25, 0.3) is 0 Å². The highest BCUT2D eigenvalue weighted by atomic mass is 19.4. The SMILES string of the molecule is CC1(C)C(N)C1C(F)(F)F. The number of hydrogen-bond acceptors (Lipinski definition) is 1. The number of halogens is 3. The van der Waals surface area contributed by atoms with Crippen LogP contribution < -0.4 is 5.73 Å². The molecule has 2 N–H and O–H groups in total. The van der Waals surface area contributed by atoms with Crippen LogP contribution in [0.2, 0.25) is 0 Å². The van der Waals surface area contributed by atoms with E-state index in [1.807, 2.05) is 0 Å². The van der Waals surface area contributed by atoms with Crippen molar-refractivity contribution >= 4 is 0 Å². The Morgan fingerprint density at radius 1 is 1.30 bits per heavy atom. The molecule has 0 saturated heterocycles. The van der Waals surface area contributed by atoms with Gasteiger partial charge in [0.05, 0.1) is 5.92 Å². The van der Waals surface area contributed by atoms with Gasteiger partial charge in [0.1, 0.15) is 0 Å². The zero-order chi connectivity index (χ0) is 8.15. The molecule has 0 spiro atoms. The van der Waals surface area contributed by atoms with E-state index < -0.39 is 23.6 Å². The Morgan fingerprint density at radius 2 is 1.60 bits per heavy atom. The van der Waals surface area contributed by atoms with Gasteiger partial charge < -0.3 is 5.73 Å². The van der Waals surface area contributed by atoms with E-state index >= 15 is 0 Å². The molecular formula is C6H10F3N. The van der Waals surface area contributed by atoms with Crippen LogP contribution in [0, 0.1) is 11.3 Å². The minimum atomic E-state index is -4.11. The maximum Gasteiger partial charge on any atom is 0.393 e. The molecule has 0 bridgehead atoms. The molecule has 0 aromatic rings. The summed E-state index contributed by atoms with van der Waals surface area (Å²) in [5, 5.41) is 0. The predicted octanol–water partition coefficient (Wildman–Crippen LogP) is 1.53. The topological polar surface area (TPSA) is 26.0 Å². The Kier molecular flexibility index (Phi) is 1.31. The molecule has 1 aliphatic rings. The first-order valence-corrected chi connectivity index (χ1v) is 3.10. The molecule has 2 atom stereocenters. The van der Waals surface area contributed by atoms with Gasteiger partial charge in [-0.05, 0) is 5.41 Å². The average molecular weight is 153 g/mol. The Morgan fingerprint density at radius 3 is 1.60 bits per heavy atom. The van der Waals surface area contributed by atoms with Crippen molar-refractivity contribution in [2.75, 3.05) is 0 Å². The normalized spacial score (nSPS) is 37.8. The van der Waals surface area contributed by atoms with Crippen molar-refractivity contribution in [1.82, 2.24) is 0 Å². The van der Waals surface area contributed by atoms with E-state index in [9.17, 15) is 13.2 Å². The smallest absolute Gasteiger partial charge is 0.327 e. The van der Waals surface area contributed by atoms with Gasteiger partial charge in [0.2, 0.25) is 0 Å². The molecule has 0 heterocycles. The van der Waals surface area contributed by atoms with Crippen LogP contribution in [-0.2, 0) is 0 Å². The maximum absolute atomic E-state index is 11.9. The van der Waals surface area contributed by atoms with Crippen molar-refractivity contribution in [3.05, 3.63) is 0 Å². The van der Waals surface area contributed by atoms with Crippen molar-refractivity contribution in [1.29, 1.82) is 0 Å². The lowest BCUT2D eigenvalue weighted by Gasteiger charge is -2.05. The van der Waals surface area contributed by atoms with E-state index in [1.54, 1.807) is 0 Å². The molecule has 1 saturated carbocycles. The van der Waals surface area contributed by atoms with Crippen molar-refractivity contribution < 1.29 is 13.2 Å². The molecule has 10 heavy (non-hydrogen) atoms. The van der Waals surface area contributed by atoms with Crippen LogP contribution in [-0.4, -0.2) is 12.2 Å². The predicted molar refractivity (Wildman–Crippen MR) is 31.3 cm³/mol. The van der Waals surface area contributed by atoms with Crippen LogP contribution in [0.5, 0.6) is 0 Å². The van der Waals surface area contributed by atoms with E-state index in [-0.39, 0.29) is 0 Å². The third-order valence-electron chi connectivity index (χ3n) is 2.26. The molecule has 60 valence electrons. The second kappa shape index (κ2) is 1.67. The molecule has 1 rings (SSSR count). The van der Waals surface area contributed by atoms with Crippen LogP contribution in [0.25, 0.3) is 0 Å². The van der Waals surface area contributed by atoms with Crippen LogP contribution >= 0.6 is 0 Å². The van der Waals surface area contributed by atoms with Crippen LogP contribution in [0.4, 0.5) is 13.2 Å². The summed E-state index contributed by atoms with van der Waals surface area (Å²) in [6, 6.07) is -0.701. The molecule has 1 nitrogen and oxygen atoms in total. The Hall–Kier alpha value is -0.250. The first-order valence-electron chi connectivity index (χ1n) is 3.10. The third-order valence-corrected chi connectivity index (χ3v) is 2.26. The molecule has 1 fully saturated rings. The van der Waals surface area contributed by atoms with Crippen LogP contribution in [0.15, 0.2) is 0 Å². The lowest BCUT2D eigenvalue weighted by molar-refractivity contribution is -0.155. The molecule has 1 aliphatic carbocycles. The largest absolute Gasteiger partial charge is 0.393 e. The van der Waals surface area contributed by atoms with Crippen molar-refractivity contribution in [3.8, 4) is 0 Å². The van der Waals surface area contributed by atoms with Gasteiger partial charge in [-0.3, -0.25) is 0 Å². The quantitative estimate of drug-likeness (QED) is 0.561. The Labute approximate surface area is 57.4 Å². The van der Waals surface area contributed by atoms with E-state index in [4.69, 9.17) is 5.73 Å². The summed E-state index contributed by atoms with van der Waals surface area (Å²) in [5.74, 6) is -1.29. The fourth-order valence-corrected chi connectivity index (χ4v) is 1.30. The Balaban J connectivity index is 2.66. The molecule has 0 aliphatic heterocycles. The minimum Gasteiger partial charge on any atom is -0.327 e. The van der Waals surface area contributed by atoms with E-state index in [1.165, 1.54) is 13.8 Å². The second-order valence-electron chi connectivity index (χ2n) is 3.37. The van der Waals surface area contributed by atoms with E-state index in [0.29, 0.717) is 0 Å². The second-order valence-corrected chi connectivity index (χ2v) is 3.37. The van der Waals surface area contributed by atoms with Crippen LogP contribution in [0.3, 0.4) is 0 Å². The maximum atomic E-state index is 11.9. The minimum absolute atomic E-state index is 0.701. The first-order chi connectivity index (χ1) is 4.28. The fraction of sp³-hybridized carbons (Fsp3) is 1.00. The molecule has 0 radical (unpaired) electrons. The van der Waals surface area contributed by atoms with Gasteiger partial charge in [-0.2, -0.15) is 13.2 Å². The molecule has 0 aromatic heterocycles. The third kappa shape index (κ3) is 0.905. The zero-order valence-corrected chi connectivity index (χ0v) is 5.87. The van der Waals surface area contributed by atoms with Crippen molar-refractivity contribution in [2.45, 2.75) is 26.1 Å². The van der Waals surface area contributed by atoms with Gasteiger partial charge in [-0.1, -0.05) is 13.8 Å². The van der Waals surface area contributed by atoms with E-state index in [0.717, 1.165) is 0 Å². The van der Waals surface area contributed by atoms with Gasteiger partial charge in [-0.25, -0.2) is 0 Å². The summed E-state index contributed by atoms with van der Waals surface area (Å²) in [4.78, 5) is 0. The number of alkyl halides is 3. The number of nitrogens with two attached hydrogens (primary N) is 1.